The monoisotopic (exact) mass is 714 g/mol. The lowest BCUT2D eigenvalue weighted by Crippen LogP contribution is -2.11. The summed E-state index contributed by atoms with van der Waals surface area (Å²) in [6.07, 6.45) is 0. The second-order valence-electron chi connectivity index (χ2n) is 14.1. The molecule has 0 saturated carbocycles. The molecule has 0 bridgehead atoms. The normalized spacial score (nSPS) is 11.2. The van der Waals surface area contributed by atoms with Gasteiger partial charge in [0.25, 0.3) is 0 Å². The molecule has 56 heavy (non-hydrogen) atoms. The van der Waals surface area contributed by atoms with Gasteiger partial charge in [-0.3, -0.25) is 0 Å². The number of benzene rings is 9. The van der Waals surface area contributed by atoms with E-state index < -0.39 is 0 Å². The minimum atomic E-state index is 1.08. The molecule has 0 aliphatic rings. The zero-order chi connectivity index (χ0) is 37.3. The molecule has 10 aromatic rings. The molecular formula is C54H38N2. The van der Waals surface area contributed by atoms with Gasteiger partial charge in [-0.25, -0.2) is 0 Å². The van der Waals surface area contributed by atoms with Crippen molar-refractivity contribution in [2.75, 3.05) is 4.90 Å². The maximum atomic E-state index is 2.44. The van der Waals surface area contributed by atoms with Crippen LogP contribution in [0.5, 0.6) is 0 Å². The Bertz CT molecular complexity index is 2930. The van der Waals surface area contributed by atoms with Crippen molar-refractivity contribution in [1.82, 2.24) is 4.57 Å². The zero-order valence-corrected chi connectivity index (χ0v) is 30.8. The molecule has 2 heteroatoms. The van der Waals surface area contributed by atoms with E-state index in [4.69, 9.17) is 0 Å². The minimum Gasteiger partial charge on any atom is -0.310 e. The first-order valence-electron chi connectivity index (χ1n) is 19.2. The Labute approximate surface area is 327 Å². The van der Waals surface area contributed by atoms with Gasteiger partial charge in [0, 0.05) is 27.8 Å². The third-order valence-electron chi connectivity index (χ3n) is 10.8. The SMILES string of the molecule is c1ccc(-c2ccccc2-c2ccc(N(c3ccc(-c4ccccc4)c(-c4ccccc4)c3)c3cccc4c3c3ccccc3n4-c3ccccc3)cc2)cc1. The molecule has 2 nitrogen and oxygen atoms in total. The molecule has 264 valence electrons. The second-order valence-corrected chi connectivity index (χ2v) is 14.1. The van der Waals surface area contributed by atoms with Crippen LogP contribution in [-0.4, -0.2) is 4.57 Å². The average molecular weight is 715 g/mol. The van der Waals surface area contributed by atoms with Crippen LogP contribution < -0.4 is 4.90 Å². The van der Waals surface area contributed by atoms with Gasteiger partial charge in [0.05, 0.1) is 16.7 Å². The highest BCUT2D eigenvalue weighted by Crippen LogP contribution is 2.46. The van der Waals surface area contributed by atoms with E-state index in [0.29, 0.717) is 0 Å². The second kappa shape index (κ2) is 14.4. The number of rotatable bonds is 8. The molecule has 0 radical (unpaired) electrons. The lowest BCUT2D eigenvalue weighted by molar-refractivity contribution is 1.18. The van der Waals surface area contributed by atoms with Crippen LogP contribution in [0.4, 0.5) is 17.1 Å². The predicted molar refractivity (Wildman–Crippen MR) is 237 cm³/mol. The van der Waals surface area contributed by atoms with Gasteiger partial charge in [-0.05, 0) is 99.1 Å². The van der Waals surface area contributed by atoms with Gasteiger partial charge in [-0.1, -0.05) is 176 Å². The summed E-state index contributed by atoms with van der Waals surface area (Å²) in [5, 5.41) is 2.42. The fourth-order valence-electron chi connectivity index (χ4n) is 8.26. The molecule has 10 rings (SSSR count). The summed E-state index contributed by atoms with van der Waals surface area (Å²) in [6, 6.07) is 83.0. The van der Waals surface area contributed by atoms with Gasteiger partial charge < -0.3 is 9.47 Å². The summed E-state index contributed by atoms with van der Waals surface area (Å²) in [6.45, 7) is 0. The Morgan fingerprint density at radius 2 is 0.768 bits per heavy atom. The Hall–Kier alpha value is -7.42. The van der Waals surface area contributed by atoms with E-state index in [1.807, 2.05) is 0 Å². The van der Waals surface area contributed by atoms with Crippen molar-refractivity contribution in [1.29, 1.82) is 0 Å². The molecule has 1 aromatic heterocycles. The molecule has 0 aliphatic heterocycles. The van der Waals surface area contributed by atoms with Crippen LogP contribution in [0, 0.1) is 0 Å². The smallest absolute Gasteiger partial charge is 0.0562 e. The third kappa shape index (κ3) is 5.95. The number of aromatic nitrogens is 1. The van der Waals surface area contributed by atoms with E-state index in [2.05, 4.69) is 240 Å². The Morgan fingerprint density at radius 1 is 0.304 bits per heavy atom. The van der Waals surface area contributed by atoms with Crippen molar-refractivity contribution >= 4 is 38.9 Å². The highest BCUT2D eigenvalue weighted by atomic mass is 15.1. The highest BCUT2D eigenvalue weighted by Gasteiger charge is 2.22. The molecule has 0 unspecified atom stereocenters. The van der Waals surface area contributed by atoms with Crippen LogP contribution >= 0.6 is 0 Å². The van der Waals surface area contributed by atoms with Crippen LogP contribution in [0.3, 0.4) is 0 Å². The first kappa shape index (κ1) is 33.2. The first-order valence-corrected chi connectivity index (χ1v) is 19.2. The Kier molecular flexibility index (Phi) is 8.55. The van der Waals surface area contributed by atoms with Crippen molar-refractivity contribution < 1.29 is 0 Å². The molecule has 9 aromatic carbocycles. The first-order chi connectivity index (χ1) is 27.8. The van der Waals surface area contributed by atoms with Gasteiger partial charge in [0.1, 0.15) is 0 Å². The minimum absolute atomic E-state index is 1.08. The molecular weight excluding hydrogens is 677 g/mol. The summed E-state index contributed by atoms with van der Waals surface area (Å²) in [5.41, 5.74) is 16.4. The number of fused-ring (bicyclic) bond motifs is 3. The molecule has 0 spiro atoms. The van der Waals surface area contributed by atoms with Crippen LogP contribution in [0.2, 0.25) is 0 Å². The molecule has 0 amide bonds. The van der Waals surface area contributed by atoms with Crippen LogP contribution in [0.1, 0.15) is 0 Å². The molecule has 1 heterocycles. The quantitative estimate of drug-likeness (QED) is 0.152. The standard InChI is InChI=1S/C54H38N2/c1-5-18-39(19-6-1)46-26-13-14-27-47(46)42-32-34-44(35-33-42)55(45-36-37-48(40-20-7-2-8-21-40)50(38-45)41-22-9-3-10-23-41)52-30-17-31-53-54(52)49-28-15-16-29-51(49)56(53)43-24-11-4-12-25-43/h1-38H. The summed E-state index contributed by atoms with van der Waals surface area (Å²) in [4.78, 5) is 2.44. The molecule has 0 atom stereocenters. The van der Waals surface area contributed by atoms with E-state index >= 15 is 0 Å². The van der Waals surface area contributed by atoms with Crippen LogP contribution in [-0.2, 0) is 0 Å². The van der Waals surface area contributed by atoms with Gasteiger partial charge in [-0.15, -0.1) is 0 Å². The van der Waals surface area contributed by atoms with E-state index in [-0.39, 0.29) is 0 Å². The fraction of sp³-hybridized carbons (Fsp3) is 0. The topological polar surface area (TPSA) is 8.17 Å². The van der Waals surface area contributed by atoms with Gasteiger partial charge >= 0.3 is 0 Å². The van der Waals surface area contributed by atoms with E-state index in [1.165, 1.54) is 60.8 Å². The number of anilines is 3. The number of hydrogen-bond donors (Lipinski definition) is 0. The highest BCUT2D eigenvalue weighted by molar-refractivity contribution is 6.16. The van der Waals surface area contributed by atoms with Crippen molar-refractivity contribution in [2.24, 2.45) is 0 Å². The number of hydrogen-bond acceptors (Lipinski definition) is 1. The molecule has 0 aliphatic carbocycles. The van der Waals surface area contributed by atoms with Crippen molar-refractivity contribution in [3.05, 3.63) is 231 Å². The maximum absolute atomic E-state index is 2.44. The zero-order valence-electron chi connectivity index (χ0n) is 30.8. The summed E-state index contributed by atoms with van der Waals surface area (Å²) in [7, 11) is 0. The van der Waals surface area contributed by atoms with Crippen LogP contribution in [0.15, 0.2) is 231 Å². The predicted octanol–water partition coefficient (Wildman–Crippen LogP) is 14.9. The van der Waals surface area contributed by atoms with E-state index in [1.54, 1.807) is 0 Å². The van der Waals surface area contributed by atoms with Gasteiger partial charge in [-0.2, -0.15) is 0 Å². The molecule has 0 fully saturated rings. The maximum Gasteiger partial charge on any atom is 0.0562 e. The van der Waals surface area contributed by atoms with E-state index in [9.17, 15) is 0 Å². The molecule has 0 saturated heterocycles. The largest absolute Gasteiger partial charge is 0.310 e. The van der Waals surface area contributed by atoms with Crippen LogP contribution in [0.25, 0.3) is 72.0 Å². The lowest BCUT2D eigenvalue weighted by atomic mass is 9.93. The third-order valence-corrected chi connectivity index (χ3v) is 10.8. The Morgan fingerprint density at radius 3 is 1.39 bits per heavy atom. The van der Waals surface area contributed by atoms with Gasteiger partial charge in [0.15, 0.2) is 0 Å². The summed E-state index contributed by atoms with van der Waals surface area (Å²) in [5.74, 6) is 0. The Balaban J connectivity index is 1.21. The number of para-hydroxylation sites is 2. The number of nitrogens with zero attached hydrogens (tertiary/aromatic N) is 2. The van der Waals surface area contributed by atoms with E-state index in [0.717, 1.165) is 28.3 Å². The van der Waals surface area contributed by atoms with Crippen molar-refractivity contribution in [3.8, 4) is 50.2 Å². The average Bonchev–Trinajstić information content (AvgIpc) is 3.63. The van der Waals surface area contributed by atoms with Crippen molar-refractivity contribution in [2.45, 2.75) is 0 Å². The summed E-state index contributed by atoms with van der Waals surface area (Å²) >= 11 is 0. The lowest BCUT2D eigenvalue weighted by Gasteiger charge is -2.28. The van der Waals surface area contributed by atoms with Crippen molar-refractivity contribution in [3.63, 3.8) is 0 Å². The summed E-state index contributed by atoms with van der Waals surface area (Å²) < 4.78 is 2.39. The fourth-order valence-corrected chi connectivity index (χ4v) is 8.26. The van der Waals surface area contributed by atoms with Gasteiger partial charge in [0.2, 0.25) is 0 Å². The molecule has 0 N–H and O–H groups in total.